The number of aromatic nitrogens is 4. The molecule has 0 unspecified atom stereocenters. The number of anilines is 1. The molecular formula is C26H30N8O2S. The van der Waals surface area contributed by atoms with E-state index in [2.05, 4.69) is 29.7 Å². The van der Waals surface area contributed by atoms with Gasteiger partial charge in [0.15, 0.2) is 0 Å². The normalized spacial score (nSPS) is 16.4. The van der Waals surface area contributed by atoms with E-state index in [1.807, 2.05) is 36.4 Å². The maximum absolute atomic E-state index is 13.2. The molecule has 0 atom stereocenters. The molecule has 5 N–H and O–H groups in total. The van der Waals surface area contributed by atoms with Gasteiger partial charge in [0, 0.05) is 38.8 Å². The van der Waals surface area contributed by atoms with Gasteiger partial charge in [-0.05, 0) is 30.0 Å². The van der Waals surface area contributed by atoms with Crippen molar-refractivity contribution in [2.75, 3.05) is 25.9 Å². The Labute approximate surface area is 218 Å². The molecule has 2 aromatic heterocycles. The second kappa shape index (κ2) is 10.5. The van der Waals surface area contributed by atoms with E-state index in [0.29, 0.717) is 43.9 Å². The summed E-state index contributed by atoms with van der Waals surface area (Å²) in [6.07, 6.45) is 2.51. The molecule has 11 heteroatoms. The number of hydrogen-bond acceptors (Lipinski definition) is 10. The third-order valence-electron chi connectivity index (χ3n) is 7.00. The number of aliphatic hydroxyl groups is 1. The quantitative estimate of drug-likeness (QED) is 0.314. The van der Waals surface area contributed by atoms with Gasteiger partial charge in [0.1, 0.15) is 22.4 Å². The van der Waals surface area contributed by atoms with Crippen LogP contribution < -0.4 is 17.0 Å². The van der Waals surface area contributed by atoms with Crippen molar-refractivity contribution in [2.24, 2.45) is 10.7 Å². The Morgan fingerprint density at radius 1 is 1.16 bits per heavy atom. The van der Waals surface area contributed by atoms with Crippen LogP contribution in [0.5, 0.6) is 0 Å². The largest absolute Gasteiger partial charge is 0.392 e. The van der Waals surface area contributed by atoms with E-state index < -0.39 is 5.60 Å². The van der Waals surface area contributed by atoms with Gasteiger partial charge in [-0.25, -0.2) is 4.98 Å². The molecule has 1 aliphatic rings. The number of hydrogen-bond donors (Lipinski definition) is 3. The minimum absolute atomic E-state index is 0.0111. The van der Waals surface area contributed by atoms with Gasteiger partial charge in [-0.15, -0.1) is 0 Å². The Balaban J connectivity index is 1.28. The van der Waals surface area contributed by atoms with Gasteiger partial charge in [-0.2, -0.15) is 8.75 Å². The summed E-state index contributed by atoms with van der Waals surface area (Å²) < 4.78 is 10.1. The van der Waals surface area contributed by atoms with Crippen molar-refractivity contribution in [3.63, 3.8) is 0 Å². The number of likely N-dealkylation sites (tertiary alicyclic amines) is 1. The summed E-state index contributed by atoms with van der Waals surface area (Å²) in [5.41, 5.74) is 16.2. The van der Waals surface area contributed by atoms with Gasteiger partial charge >= 0.3 is 0 Å². The zero-order valence-electron chi connectivity index (χ0n) is 20.7. The highest BCUT2D eigenvalue weighted by Crippen LogP contribution is 2.26. The van der Waals surface area contributed by atoms with Gasteiger partial charge in [0.25, 0.3) is 5.56 Å². The first-order valence-corrected chi connectivity index (χ1v) is 12.9. The number of fused-ring (bicyclic) bond motifs is 1. The van der Waals surface area contributed by atoms with E-state index in [1.165, 1.54) is 22.6 Å². The van der Waals surface area contributed by atoms with E-state index in [1.54, 1.807) is 7.05 Å². The average Bonchev–Trinajstić information content (AvgIpc) is 3.40. The summed E-state index contributed by atoms with van der Waals surface area (Å²) in [5.74, 6) is 0. The monoisotopic (exact) mass is 518 g/mol. The van der Waals surface area contributed by atoms with Crippen LogP contribution in [0.4, 0.5) is 5.69 Å². The Morgan fingerprint density at radius 2 is 1.92 bits per heavy atom. The summed E-state index contributed by atoms with van der Waals surface area (Å²) >= 11 is 1.22. The second-order valence-electron chi connectivity index (χ2n) is 9.46. The lowest BCUT2D eigenvalue weighted by Gasteiger charge is -2.38. The molecule has 1 saturated heterocycles. The SMILES string of the molecule is CN=C(c1ccc(CN)cc1)c1ncn(CC2(O)CCN(Cc3cccc4nsnc34)CC2)c(=O)c1N. The molecule has 0 spiro atoms. The van der Waals surface area contributed by atoms with Crippen LogP contribution in [0.3, 0.4) is 0 Å². The molecule has 37 heavy (non-hydrogen) atoms. The molecule has 3 heterocycles. The van der Waals surface area contributed by atoms with E-state index in [4.69, 9.17) is 11.5 Å². The summed E-state index contributed by atoms with van der Waals surface area (Å²) in [7, 11) is 1.64. The van der Waals surface area contributed by atoms with Crippen LogP contribution in [0.15, 0.2) is 58.6 Å². The Bertz CT molecular complexity index is 1490. The first-order chi connectivity index (χ1) is 17.9. The molecule has 1 aliphatic heterocycles. The van der Waals surface area contributed by atoms with Gasteiger partial charge in [-0.3, -0.25) is 19.3 Å². The van der Waals surface area contributed by atoms with Gasteiger partial charge in [-0.1, -0.05) is 36.4 Å². The summed E-state index contributed by atoms with van der Waals surface area (Å²) in [5, 5.41) is 11.3. The van der Waals surface area contributed by atoms with Crippen LogP contribution in [0.2, 0.25) is 0 Å². The van der Waals surface area contributed by atoms with E-state index >= 15 is 0 Å². The first-order valence-electron chi connectivity index (χ1n) is 12.2. The predicted molar refractivity (Wildman–Crippen MR) is 146 cm³/mol. The highest BCUT2D eigenvalue weighted by molar-refractivity contribution is 7.00. The van der Waals surface area contributed by atoms with Crippen molar-refractivity contribution in [1.29, 1.82) is 0 Å². The van der Waals surface area contributed by atoms with Crippen molar-refractivity contribution in [2.45, 2.75) is 38.1 Å². The Kier molecular flexibility index (Phi) is 7.11. The van der Waals surface area contributed by atoms with E-state index in [0.717, 1.165) is 34.3 Å². The van der Waals surface area contributed by atoms with Crippen molar-refractivity contribution in [3.8, 4) is 0 Å². The third kappa shape index (κ3) is 5.16. The standard InChI is InChI=1S/C26H30N8O2S/c1-29-23(18-7-5-17(13-27)6-8-18)24-21(28)25(35)34(16-30-24)15-26(36)9-11-33(12-10-26)14-19-3-2-4-20-22(19)32-37-31-20/h2-8,16,36H,9-15,27-28H2,1H3. The van der Waals surface area contributed by atoms with Crippen LogP contribution in [-0.4, -0.2) is 59.8 Å². The number of benzene rings is 2. The van der Waals surface area contributed by atoms with E-state index in [9.17, 15) is 9.90 Å². The van der Waals surface area contributed by atoms with Crippen molar-refractivity contribution >= 4 is 34.2 Å². The molecule has 2 aromatic carbocycles. The van der Waals surface area contributed by atoms with Crippen LogP contribution in [-0.2, 0) is 19.6 Å². The lowest BCUT2D eigenvalue weighted by atomic mass is 9.91. The summed E-state index contributed by atoms with van der Waals surface area (Å²) in [6.45, 7) is 2.71. The van der Waals surface area contributed by atoms with Crippen molar-refractivity contribution < 1.29 is 5.11 Å². The lowest BCUT2D eigenvalue weighted by Crippen LogP contribution is -2.48. The molecule has 5 rings (SSSR count). The van der Waals surface area contributed by atoms with Gasteiger partial charge < -0.3 is 16.6 Å². The highest BCUT2D eigenvalue weighted by Gasteiger charge is 2.33. The molecule has 192 valence electrons. The van der Waals surface area contributed by atoms with Crippen molar-refractivity contribution in [1.82, 2.24) is 23.2 Å². The fourth-order valence-corrected chi connectivity index (χ4v) is 5.38. The van der Waals surface area contributed by atoms with Crippen LogP contribution >= 0.6 is 11.7 Å². The average molecular weight is 519 g/mol. The molecule has 0 amide bonds. The molecule has 0 saturated carbocycles. The maximum Gasteiger partial charge on any atom is 0.277 e. The predicted octanol–water partition coefficient (Wildman–Crippen LogP) is 1.78. The minimum atomic E-state index is -1.02. The van der Waals surface area contributed by atoms with E-state index in [-0.39, 0.29) is 17.8 Å². The Morgan fingerprint density at radius 3 is 2.62 bits per heavy atom. The molecule has 10 nitrogen and oxygen atoms in total. The number of nitrogens with zero attached hydrogens (tertiary/aromatic N) is 6. The van der Waals surface area contributed by atoms with Gasteiger partial charge in [0.05, 0.1) is 35.9 Å². The molecule has 0 radical (unpaired) electrons. The number of nitrogens with two attached hydrogens (primary N) is 2. The van der Waals surface area contributed by atoms with Crippen LogP contribution in [0.25, 0.3) is 11.0 Å². The topological polar surface area (TPSA) is 149 Å². The number of aliphatic imine (C=N–C) groups is 1. The highest BCUT2D eigenvalue weighted by atomic mass is 32.1. The fourth-order valence-electron chi connectivity index (χ4n) is 4.81. The second-order valence-corrected chi connectivity index (χ2v) is 9.99. The van der Waals surface area contributed by atoms with Crippen molar-refractivity contribution in [3.05, 3.63) is 81.5 Å². The number of piperidine rings is 1. The first kappa shape index (κ1) is 25.2. The third-order valence-corrected chi connectivity index (χ3v) is 7.54. The molecule has 0 bridgehead atoms. The minimum Gasteiger partial charge on any atom is -0.392 e. The fraction of sp³-hybridized carbons (Fsp3) is 0.346. The number of rotatable bonds is 7. The molecular weight excluding hydrogens is 488 g/mol. The van der Waals surface area contributed by atoms with Crippen LogP contribution in [0.1, 0.15) is 35.2 Å². The molecule has 1 fully saturated rings. The summed E-state index contributed by atoms with van der Waals surface area (Å²) in [4.78, 5) is 24.3. The Hall–Kier alpha value is -3.51. The smallest absolute Gasteiger partial charge is 0.277 e. The maximum atomic E-state index is 13.2. The lowest BCUT2D eigenvalue weighted by molar-refractivity contribution is -0.0364. The van der Waals surface area contributed by atoms with Gasteiger partial charge in [0.2, 0.25) is 0 Å². The summed E-state index contributed by atoms with van der Waals surface area (Å²) in [6, 6.07) is 13.6. The number of nitrogen functional groups attached to an aromatic ring is 1. The molecule has 0 aliphatic carbocycles. The zero-order chi connectivity index (χ0) is 26.0. The van der Waals surface area contributed by atoms with Crippen LogP contribution in [0, 0.1) is 0 Å². The molecule has 4 aromatic rings. The zero-order valence-corrected chi connectivity index (χ0v) is 21.5.